The van der Waals surface area contributed by atoms with Gasteiger partial charge in [0.05, 0.1) is 27.7 Å². The number of hydrogen-bond acceptors (Lipinski definition) is 5. The van der Waals surface area contributed by atoms with Crippen molar-refractivity contribution in [1.29, 1.82) is 0 Å². The van der Waals surface area contributed by atoms with Gasteiger partial charge in [0.15, 0.2) is 0 Å². The van der Waals surface area contributed by atoms with Gasteiger partial charge in [-0.2, -0.15) is 0 Å². The third-order valence-electron chi connectivity index (χ3n) is 6.75. The van der Waals surface area contributed by atoms with Crippen LogP contribution in [-0.2, 0) is 20.0 Å². The molecule has 38 heavy (non-hydrogen) atoms. The molecular formula is C29H53N4O4P. The first-order chi connectivity index (χ1) is 18.2. The Bertz CT molecular complexity index is 825. The average molecular weight is 553 g/mol. The Morgan fingerprint density at radius 2 is 1.21 bits per heavy atom. The molecular weight excluding hydrogens is 499 g/mol. The van der Waals surface area contributed by atoms with Crippen LogP contribution in [0.15, 0.2) is 29.4 Å². The summed E-state index contributed by atoms with van der Waals surface area (Å²) in [5.41, 5.74) is 10.6. The van der Waals surface area contributed by atoms with E-state index in [9.17, 15) is 9.46 Å². The quantitative estimate of drug-likeness (QED) is 0.0302. The number of rotatable bonds is 25. The minimum Gasteiger partial charge on any atom is -0.756 e. The number of quaternary nitrogens is 1. The van der Waals surface area contributed by atoms with Crippen LogP contribution in [0, 0.1) is 0 Å². The predicted molar refractivity (Wildman–Crippen MR) is 155 cm³/mol. The molecule has 0 aliphatic heterocycles. The molecule has 9 heteroatoms. The maximum absolute atomic E-state index is 11.7. The molecule has 0 amide bonds. The molecule has 0 N–H and O–H groups in total. The van der Waals surface area contributed by atoms with E-state index < -0.39 is 7.82 Å². The highest BCUT2D eigenvalue weighted by Gasteiger charge is 2.13. The van der Waals surface area contributed by atoms with E-state index in [0.29, 0.717) is 11.0 Å². The van der Waals surface area contributed by atoms with Crippen LogP contribution in [-0.4, -0.2) is 45.4 Å². The summed E-state index contributed by atoms with van der Waals surface area (Å²) in [5.74, 6) is 0. The zero-order chi connectivity index (χ0) is 28.0. The SMILES string of the molecule is C[N+](C)(C)CCOP(=O)([O-])OCCCCCCCCCCCCCCCCCCc1ccccc1N=[N+]=[N-]. The third kappa shape index (κ3) is 20.5. The highest BCUT2D eigenvalue weighted by Crippen LogP contribution is 2.38. The van der Waals surface area contributed by atoms with Crippen LogP contribution < -0.4 is 4.89 Å². The Morgan fingerprint density at radius 1 is 0.763 bits per heavy atom. The summed E-state index contributed by atoms with van der Waals surface area (Å²) in [4.78, 5) is 14.6. The first kappa shape index (κ1) is 34.6. The van der Waals surface area contributed by atoms with Gasteiger partial charge in [-0.3, -0.25) is 4.57 Å². The number of phosphoric ester groups is 1. The summed E-state index contributed by atoms with van der Waals surface area (Å²) in [6.45, 7) is 0.998. The molecule has 0 bridgehead atoms. The minimum atomic E-state index is -4.16. The molecule has 0 saturated carbocycles. The van der Waals surface area contributed by atoms with Gasteiger partial charge in [0.25, 0.3) is 7.82 Å². The number of nitrogens with zero attached hydrogens (tertiary/aromatic N) is 4. The molecule has 0 radical (unpaired) electrons. The number of likely N-dealkylation sites (N-methyl/N-ethyl adjacent to an activating group) is 1. The highest BCUT2D eigenvalue weighted by atomic mass is 31.2. The number of unbranched alkanes of at least 4 members (excludes halogenated alkanes) is 15. The van der Waals surface area contributed by atoms with Crippen molar-refractivity contribution >= 4 is 13.5 Å². The van der Waals surface area contributed by atoms with Gasteiger partial charge in [0.2, 0.25) is 0 Å². The molecule has 0 aliphatic carbocycles. The Labute approximate surface area is 231 Å². The fourth-order valence-corrected chi connectivity index (χ4v) is 5.13. The van der Waals surface area contributed by atoms with Crippen molar-refractivity contribution in [2.75, 3.05) is 40.9 Å². The lowest BCUT2D eigenvalue weighted by Crippen LogP contribution is -2.37. The maximum atomic E-state index is 11.7. The van der Waals surface area contributed by atoms with Crippen LogP contribution in [0.4, 0.5) is 5.69 Å². The first-order valence-corrected chi connectivity index (χ1v) is 16.2. The van der Waals surface area contributed by atoms with Crippen molar-refractivity contribution in [2.24, 2.45) is 5.11 Å². The molecule has 0 spiro atoms. The molecule has 1 atom stereocenters. The second-order valence-corrected chi connectivity index (χ2v) is 12.8. The van der Waals surface area contributed by atoms with Crippen molar-refractivity contribution < 1.29 is 23.0 Å². The van der Waals surface area contributed by atoms with Crippen LogP contribution in [0.3, 0.4) is 0 Å². The molecule has 0 fully saturated rings. The second kappa shape index (κ2) is 21.4. The monoisotopic (exact) mass is 552 g/mol. The highest BCUT2D eigenvalue weighted by molar-refractivity contribution is 7.45. The predicted octanol–water partition coefficient (Wildman–Crippen LogP) is 8.62. The molecule has 0 heterocycles. The van der Waals surface area contributed by atoms with Crippen molar-refractivity contribution in [3.05, 3.63) is 40.3 Å². The molecule has 1 rings (SSSR count). The maximum Gasteiger partial charge on any atom is 0.268 e. The Balaban J connectivity index is 1.81. The van der Waals surface area contributed by atoms with Gasteiger partial charge >= 0.3 is 0 Å². The fraction of sp³-hybridized carbons (Fsp3) is 0.793. The first-order valence-electron chi connectivity index (χ1n) is 14.8. The summed E-state index contributed by atoms with van der Waals surface area (Å²) >= 11 is 0. The van der Waals surface area contributed by atoms with E-state index >= 15 is 0 Å². The van der Waals surface area contributed by atoms with E-state index in [1.54, 1.807) is 0 Å². The second-order valence-electron chi connectivity index (χ2n) is 11.4. The molecule has 1 aromatic carbocycles. The zero-order valence-electron chi connectivity index (χ0n) is 24.3. The van der Waals surface area contributed by atoms with E-state index in [-0.39, 0.29) is 13.2 Å². The molecule has 8 nitrogen and oxygen atoms in total. The number of benzene rings is 1. The van der Waals surface area contributed by atoms with Crippen LogP contribution in [0.2, 0.25) is 0 Å². The van der Waals surface area contributed by atoms with Gasteiger partial charge in [0.1, 0.15) is 13.2 Å². The zero-order valence-corrected chi connectivity index (χ0v) is 25.2. The van der Waals surface area contributed by atoms with E-state index in [2.05, 4.69) is 16.1 Å². The lowest BCUT2D eigenvalue weighted by Gasteiger charge is -2.27. The van der Waals surface area contributed by atoms with E-state index in [1.165, 1.54) is 77.0 Å². The number of aryl methyl sites for hydroxylation is 1. The van der Waals surface area contributed by atoms with Crippen LogP contribution in [0.25, 0.3) is 10.4 Å². The summed E-state index contributed by atoms with van der Waals surface area (Å²) in [6, 6.07) is 7.87. The fourth-order valence-electron chi connectivity index (χ4n) is 4.40. The van der Waals surface area contributed by atoms with Gasteiger partial charge in [-0.05, 0) is 30.4 Å². The largest absolute Gasteiger partial charge is 0.756 e. The van der Waals surface area contributed by atoms with E-state index in [0.717, 1.165) is 43.4 Å². The lowest BCUT2D eigenvalue weighted by molar-refractivity contribution is -0.870. The summed E-state index contributed by atoms with van der Waals surface area (Å²) in [6.07, 6.45) is 20.7. The van der Waals surface area contributed by atoms with Crippen molar-refractivity contribution in [1.82, 2.24) is 0 Å². The lowest BCUT2D eigenvalue weighted by atomic mass is 10.0. The number of phosphoric acid groups is 1. The summed E-state index contributed by atoms with van der Waals surface area (Å²) < 4.78 is 22.2. The van der Waals surface area contributed by atoms with Crippen molar-refractivity contribution in [3.63, 3.8) is 0 Å². The van der Waals surface area contributed by atoms with Crippen LogP contribution in [0.1, 0.15) is 108 Å². The molecule has 218 valence electrons. The Hall–Kier alpha value is -1.40. The summed E-state index contributed by atoms with van der Waals surface area (Å²) in [5, 5.41) is 3.78. The Kier molecular flexibility index (Phi) is 19.5. The van der Waals surface area contributed by atoms with Gasteiger partial charge in [-0.15, -0.1) is 0 Å². The van der Waals surface area contributed by atoms with Gasteiger partial charge in [0, 0.05) is 10.6 Å². The number of hydrogen-bond donors (Lipinski definition) is 0. The van der Waals surface area contributed by atoms with E-state index in [1.807, 2.05) is 39.3 Å². The third-order valence-corrected chi connectivity index (χ3v) is 7.74. The van der Waals surface area contributed by atoms with Crippen molar-refractivity contribution in [3.8, 4) is 0 Å². The van der Waals surface area contributed by atoms with Gasteiger partial charge in [-0.1, -0.05) is 119 Å². The standard InChI is InChI=1S/C29H53N4O4P/c1-33(2,3)25-27-37-38(34,35)36-26-21-17-15-13-11-9-7-5-4-6-8-10-12-14-16-18-22-28-23-19-20-24-29(28)31-32-30/h19-20,23-24H,4-18,21-22,25-27H2,1-3H3. The number of azide groups is 1. The van der Waals surface area contributed by atoms with Gasteiger partial charge < -0.3 is 18.4 Å². The normalized spacial score (nSPS) is 13.3. The summed E-state index contributed by atoms with van der Waals surface area (Å²) in [7, 11) is 1.82. The molecule has 0 aliphatic rings. The molecule has 1 unspecified atom stereocenters. The van der Waals surface area contributed by atoms with E-state index in [4.69, 9.17) is 14.6 Å². The molecule has 0 saturated heterocycles. The van der Waals surface area contributed by atoms with Gasteiger partial charge in [-0.25, -0.2) is 0 Å². The minimum absolute atomic E-state index is 0.156. The smallest absolute Gasteiger partial charge is 0.268 e. The Morgan fingerprint density at radius 3 is 1.71 bits per heavy atom. The topological polar surface area (TPSA) is 107 Å². The van der Waals surface area contributed by atoms with Crippen molar-refractivity contribution in [2.45, 2.75) is 109 Å². The van der Waals surface area contributed by atoms with Crippen LogP contribution in [0.5, 0.6) is 0 Å². The average Bonchev–Trinajstić information content (AvgIpc) is 2.85. The molecule has 0 aromatic heterocycles. The van der Waals surface area contributed by atoms with Crippen LogP contribution >= 0.6 is 7.82 Å². The molecule has 1 aromatic rings.